The number of hydrogen-bond acceptors (Lipinski definition) is 6. The highest BCUT2D eigenvalue weighted by Gasteiger charge is 2.27. The third-order valence-corrected chi connectivity index (χ3v) is 6.57. The van der Waals surface area contributed by atoms with E-state index in [-0.39, 0.29) is 18.9 Å². The van der Waals surface area contributed by atoms with E-state index in [4.69, 9.17) is 19.9 Å². The van der Waals surface area contributed by atoms with Crippen molar-refractivity contribution >= 4 is 17.8 Å². The van der Waals surface area contributed by atoms with E-state index >= 15 is 0 Å². The van der Waals surface area contributed by atoms with E-state index < -0.39 is 23.9 Å². The summed E-state index contributed by atoms with van der Waals surface area (Å²) in [4.78, 5) is 34.6. The largest absolute Gasteiger partial charge is 0.494 e. The highest BCUT2D eigenvalue weighted by atomic mass is 16.6. The molecule has 0 radical (unpaired) electrons. The molecular weight excluding hydrogens is 482 g/mol. The van der Waals surface area contributed by atoms with Crippen LogP contribution in [0, 0.1) is 19.8 Å². The third kappa shape index (κ3) is 10.6. The molecule has 208 valence electrons. The molecule has 0 bridgehead atoms. The van der Waals surface area contributed by atoms with E-state index in [1.165, 1.54) is 49.8 Å². The summed E-state index contributed by atoms with van der Waals surface area (Å²) in [6, 6.07) is 12.6. The second kappa shape index (κ2) is 15.8. The monoisotopic (exact) mass is 525 g/mol. The Kier molecular flexibility index (Phi) is 12.8. The summed E-state index contributed by atoms with van der Waals surface area (Å²) in [6.07, 6.45) is 5.06. The standard InChI is InChI=1S/C31H43NO6/c1-6-7-8-9-16-36-28-17-21(2)31(22(3)18-28)26-13-10-25(11-14-26)12-15-27(20-37-23(4)33)29(19-30(32)35)38-24(5)34/h10-11,13-14,17-18,27,29H,6-9,12,15-16,19-20H2,1-5H3,(H2,32,35). The predicted molar refractivity (Wildman–Crippen MR) is 149 cm³/mol. The molecule has 2 aromatic carbocycles. The molecule has 0 saturated carbocycles. The van der Waals surface area contributed by atoms with Crippen LogP contribution in [-0.2, 0) is 30.3 Å². The number of benzene rings is 2. The van der Waals surface area contributed by atoms with Crippen LogP contribution in [0.2, 0.25) is 0 Å². The van der Waals surface area contributed by atoms with Gasteiger partial charge in [0.1, 0.15) is 11.9 Å². The number of primary amides is 1. The van der Waals surface area contributed by atoms with Gasteiger partial charge in [-0.1, -0.05) is 50.5 Å². The Morgan fingerprint density at radius 2 is 1.58 bits per heavy atom. The summed E-state index contributed by atoms with van der Waals surface area (Å²) >= 11 is 0. The van der Waals surface area contributed by atoms with Crippen LogP contribution in [0.15, 0.2) is 36.4 Å². The zero-order valence-corrected chi connectivity index (χ0v) is 23.5. The van der Waals surface area contributed by atoms with Crippen LogP contribution in [0.4, 0.5) is 0 Å². The van der Waals surface area contributed by atoms with Gasteiger partial charge in [-0.15, -0.1) is 0 Å². The molecule has 0 fully saturated rings. The molecule has 0 saturated heterocycles. The normalized spacial score (nSPS) is 12.4. The number of hydrogen-bond donors (Lipinski definition) is 1. The van der Waals surface area contributed by atoms with Crippen LogP contribution in [0.5, 0.6) is 5.75 Å². The van der Waals surface area contributed by atoms with Crippen molar-refractivity contribution in [3.8, 4) is 16.9 Å². The first kappa shape index (κ1) is 30.9. The van der Waals surface area contributed by atoms with Gasteiger partial charge in [0.15, 0.2) is 0 Å². The second-order valence-electron chi connectivity index (χ2n) is 9.96. The number of ether oxygens (including phenoxy) is 3. The van der Waals surface area contributed by atoms with Crippen LogP contribution in [-0.4, -0.2) is 37.2 Å². The van der Waals surface area contributed by atoms with Crippen LogP contribution in [0.3, 0.4) is 0 Å². The van der Waals surface area contributed by atoms with Gasteiger partial charge in [-0.3, -0.25) is 14.4 Å². The summed E-state index contributed by atoms with van der Waals surface area (Å²) in [6.45, 7) is 9.80. The highest BCUT2D eigenvalue weighted by Crippen LogP contribution is 2.32. The second-order valence-corrected chi connectivity index (χ2v) is 9.96. The molecule has 0 spiro atoms. The van der Waals surface area contributed by atoms with Crippen molar-refractivity contribution < 1.29 is 28.6 Å². The molecule has 2 N–H and O–H groups in total. The molecule has 0 heterocycles. The number of esters is 2. The van der Waals surface area contributed by atoms with Crippen molar-refractivity contribution in [1.29, 1.82) is 0 Å². The van der Waals surface area contributed by atoms with Crippen LogP contribution in [0.1, 0.15) is 76.0 Å². The quantitative estimate of drug-likeness (QED) is 0.218. The van der Waals surface area contributed by atoms with Crippen LogP contribution in [0.25, 0.3) is 11.1 Å². The average Bonchev–Trinajstić information content (AvgIpc) is 2.83. The molecule has 2 atom stereocenters. The van der Waals surface area contributed by atoms with Crippen molar-refractivity contribution in [3.63, 3.8) is 0 Å². The number of nitrogens with two attached hydrogens (primary N) is 1. The van der Waals surface area contributed by atoms with Gasteiger partial charge in [-0.25, -0.2) is 0 Å². The summed E-state index contributed by atoms with van der Waals surface area (Å²) in [5, 5.41) is 0. The minimum absolute atomic E-state index is 0.0457. The Hall–Kier alpha value is -3.35. The topological polar surface area (TPSA) is 105 Å². The zero-order valence-electron chi connectivity index (χ0n) is 23.5. The Labute approximate surface area is 227 Å². The number of aryl methyl sites for hydroxylation is 3. The van der Waals surface area contributed by atoms with E-state index in [9.17, 15) is 14.4 Å². The molecule has 2 rings (SSSR count). The summed E-state index contributed by atoms with van der Waals surface area (Å²) in [7, 11) is 0. The van der Waals surface area contributed by atoms with E-state index in [2.05, 4.69) is 57.2 Å². The van der Waals surface area contributed by atoms with Gasteiger partial charge in [-0.05, 0) is 73.1 Å². The summed E-state index contributed by atoms with van der Waals surface area (Å²) in [5.41, 5.74) is 11.1. The number of unbranched alkanes of at least 4 members (excludes halogenated alkanes) is 3. The summed E-state index contributed by atoms with van der Waals surface area (Å²) < 4.78 is 16.5. The van der Waals surface area contributed by atoms with Gasteiger partial charge >= 0.3 is 11.9 Å². The van der Waals surface area contributed by atoms with Crippen molar-refractivity contribution in [1.82, 2.24) is 0 Å². The van der Waals surface area contributed by atoms with Gasteiger partial charge in [-0.2, -0.15) is 0 Å². The Balaban J connectivity index is 2.10. The lowest BCUT2D eigenvalue weighted by Gasteiger charge is -2.25. The number of rotatable bonds is 16. The molecule has 7 heteroatoms. The lowest BCUT2D eigenvalue weighted by atomic mass is 9.91. The molecule has 2 unspecified atom stereocenters. The van der Waals surface area contributed by atoms with E-state index in [1.807, 2.05) is 0 Å². The van der Waals surface area contributed by atoms with E-state index in [0.29, 0.717) is 12.8 Å². The molecule has 0 aromatic heterocycles. The minimum Gasteiger partial charge on any atom is -0.494 e. The molecule has 7 nitrogen and oxygen atoms in total. The van der Waals surface area contributed by atoms with E-state index in [0.717, 1.165) is 29.9 Å². The first-order valence-corrected chi connectivity index (χ1v) is 13.5. The van der Waals surface area contributed by atoms with Gasteiger partial charge in [0, 0.05) is 19.8 Å². The van der Waals surface area contributed by atoms with Crippen molar-refractivity contribution in [2.24, 2.45) is 11.7 Å². The van der Waals surface area contributed by atoms with Crippen LogP contribution >= 0.6 is 0 Å². The molecule has 0 aliphatic carbocycles. The Bertz CT molecular complexity index is 1020. The van der Waals surface area contributed by atoms with Gasteiger partial charge < -0.3 is 19.9 Å². The smallest absolute Gasteiger partial charge is 0.302 e. The number of carbonyl (C=O) groups is 3. The summed E-state index contributed by atoms with van der Waals surface area (Å²) in [5.74, 6) is -0.958. The number of amides is 1. The van der Waals surface area contributed by atoms with Crippen molar-refractivity contribution in [2.45, 2.75) is 85.7 Å². The first-order valence-electron chi connectivity index (χ1n) is 13.5. The van der Waals surface area contributed by atoms with Gasteiger partial charge in [0.2, 0.25) is 5.91 Å². The predicted octanol–water partition coefficient (Wildman–Crippen LogP) is 5.85. The SMILES string of the molecule is CCCCCCOc1cc(C)c(-c2ccc(CCC(COC(C)=O)C(CC(N)=O)OC(C)=O)cc2)c(C)c1. The van der Waals surface area contributed by atoms with Crippen LogP contribution < -0.4 is 10.5 Å². The maximum Gasteiger partial charge on any atom is 0.302 e. The van der Waals surface area contributed by atoms with E-state index in [1.54, 1.807) is 0 Å². The molecule has 38 heavy (non-hydrogen) atoms. The molecular formula is C31H43NO6. The Morgan fingerprint density at radius 3 is 2.13 bits per heavy atom. The molecule has 1 amide bonds. The lowest BCUT2D eigenvalue weighted by Crippen LogP contribution is -2.34. The Morgan fingerprint density at radius 1 is 0.921 bits per heavy atom. The van der Waals surface area contributed by atoms with Crippen molar-refractivity contribution in [2.75, 3.05) is 13.2 Å². The maximum absolute atomic E-state index is 11.6. The lowest BCUT2D eigenvalue weighted by molar-refractivity contribution is -0.154. The molecule has 0 aliphatic heterocycles. The van der Waals surface area contributed by atoms with Gasteiger partial charge in [0.25, 0.3) is 0 Å². The fourth-order valence-corrected chi connectivity index (χ4v) is 4.69. The fraction of sp³-hybridized carbons (Fsp3) is 0.516. The molecule has 0 aliphatic rings. The highest BCUT2D eigenvalue weighted by molar-refractivity contribution is 5.75. The third-order valence-electron chi connectivity index (χ3n) is 6.57. The average molecular weight is 526 g/mol. The minimum atomic E-state index is -0.749. The number of carbonyl (C=O) groups excluding carboxylic acids is 3. The maximum atomic E-state index is 11.6. The van der Waals surface area contributed by atoms with Gasteiger partial charge in [0.05, 0.1) is 19.6 Å². The van der Waals surface area contributed by atoms with Crippen molar-refractivity contribution in [3.05, 3.63) is 53.1 Å². The molecule has 2 aromatic rings. The zero-order chi connectivity index (χ0) is 28.1. The fourth-order valence-electron chi connectivity index (χ4n) is 4.69. The first-order chi connectivity index (χ1) is 18.1.